The van der Waals surface area contributed by atoms with Gasteiger partial charge in [0.2, 0.25) is 5.76 Å². The van der Waals surface area contributed by atoms with Crippen molar-refractivity contribution in [3.63, 3.8) is 0 Å². The average Bonchev–Trinajstić information content (AvgIpc) is 3.33. The Balaban J connectivity index is 1.29. The minimum Gasteiger partial charge on any atom is -0.379 e. The average molecular weight is 387 g/mol. The van der Waals surface area contributed by atoms with Crippen molar-refractivity contribution >= 4 is 5.91 Å². The molecule has 4 rings (SSSR count). The highest BCUT2D eigenvalue weighted by Gasteiger charge is 2.26. The molecule has 2 fully saturated rings. The molecular formula is C20H29N5O3. The van der Waals surface area contributed by atoms with E-state index in [0.29, 0.717) is 18.3 Å². The summed E-state index contributed by atoms with van der Waals surface area (Å²) in [6.07, 6.45) is 5.92. The number of hydrogen-bond donors (Lipinski definition) is 1. The Hall–Kier alpha value is -2.19. The first kappa shape index (κ1) is 19.1. The molecule has 4 heterocycles. The van der Waals surface area contributed by atoms with Gasteiger partial charge < -0.3 is 14.6 Å². The van der Waals surface area contributed by atoms with E-state index in [1.807, 2.05) is 24.0 Å². The monoisotopic (exact) mass is 387 g/mol. The van der Waals surface area contributed by atoms with Crippen molar-refractivity contribution in [3.05, 3.63) is 35.0 Å². The Morgan fingerprint density at radius 1 is 1.32 bits per heavy atom. The standard InChI is InChI=1S/C20H29N5O3/c1-14-16(11-21-24(14)2)12-25-7-5-15(6-8-25)18-10-19(28-23-18)20(26)22-17-4-3-9-27-13-17/h10-11,15,17H,3-9,12-13H2,1-2H3,(H,22,26)/t17-/m0/s1. The van der Waals surface area contributed by atoms with E-state index in [1.54, 1.807) is 0 Å². The minimum absolute atomic E-state index is 0.0639. The minimum atomic E-state index is -0.196. The molecule has 0 bridgehead atoms. The lowest BCUT2D eigenvalue weighted by molar-refractivity contribution is 0.0608. The quantitative estimate of drug-likeness (QED) is 0.845. The predicted octanol–water partition coefficient (Wildman–Crippen LogP) is 2.00. The molecule has 152 valence electrons. The third-order valence-corrected chi connectivity index (χ3v) is 5.98. The summed E-state index contributed by atoms with van der Waals surface area (Å²) in [4.78, 5) is 14.8. The molecule has 2 aliphatic rings. The summed E-state index contributed by atoms with van der Waals surface area (Å²) < 4.78 is 12.7. The van der Waals surface area contributed by atoms with Crippen LogP contribution in [0.4, 0.5) is 0 Å². The van der Waals surface area contributed by atoms with Crippen LogP contribution in [0.2, 0.25) is 0 Å². The normalized spacial score (nSPS) is 21.7. The second-order valence-corrected chi connectivity index (χ2v) is 7.93. The molecule has 2 saturated heterocycles. The van der Waals surface area contributed by atoms with Gasteiger partial charge in [0.1, 0.15) is 0 Å². The van der Waals surface area contributed by atoms with E-state index in [0.717, 1.165) is 57.6 Å². The number of piperidine rings is 1. The van der Waals surface area contributed by atoms with Crippen LogP contribution in [-0.4, -0.2) is 58.1 Å². The van der Waals surface area contributed by atoms with Crippen LogP contribution in [0.15, 0.2) is 16.8 Å². The number of likely N-dealkylation sites (tertiary alicyclic amines) is 1. The summed E-state index contributed by atoms with van der Waals surface area (Å²) in [6.45, 7) is 6.40. The van der Waals surface area contributed by atoms with E-state index in [4.69, 9.17) is 9.26 Å². The predicted molar refractivity (Wildman–Crippen MR) is 103 cm³/mol. The van der Waals surface area contributed by atoms with Gasteiger partial charge in [0.05, 0.1) is 24.5 Å². The molecule has 0 saturated carbocycles. The number of aryl methyl sites for hydroxylation is 1. The number of nitrogens with one attached hydrogen (secondary N) is 1. The molecule has 28 heavy (non-hydrogen) atoms. The van der Waals surface area contributed by atoms with Crippen molar-refractivity contribution in [1.82, 2.24) is 25.2 Å². The molecule has 0 spiro atoms. The highest BCUT2D eigenvalue weighted by atomic mass is 16.5. The second-order valence-electron chi connectivity index (χ2n) is 7.93. The third-order valence-electron chi connectivity index (χ3n) is 5.98. The van der Waals surface area contributed by atoms with Gasteiger partial charge in [0.25, 0.3) is 5.91 Å². The Kier molecular flexibility index (Phi) is 5.77. The maximum Gasteiger partial charge on any atom is 0.290 e. The highest BCUT2D eigenvalue weighted by molar-refractivity contribution is 5.91. The number of carbonyl (C=O) groups is 1. The SMILES string of the molecule is Cc1c(CN2CCC(c3cc(C(=O)N[C@H]4CCCOC4)on3)CC2)cnn1C. The summed E-state index contributed by atoms with van der Waals surface area (Å²) in [6, 6.07) is 1.87. The maximum atomic E-state index is 12.4. The van der Waals surface area contributed by atoms with Crippen molar-refractivity contribution < 1.29 is 14.1 Å². The number of ether oxygens (including phenoxy) is 1. The number of hydrogen-bond acceptors (Lipinski definition) is 6. The Morgan fingerprint density at radius 3 is 2.82 bits per heavy atom. The Morgan fingerprint density at radius 2 is 2.14 bits per heavy atom. The molecule has 0 unspecified atom stereocenters. The van der Waals surface area contributed by atoms with Crippen molar-refractivity contribution in [2.75, 3.05) is 26.3 Å². The van der Waals surface area contributed by atoms with E-state index < -0.39 is 0 Å². The lowest BCUT2D eigenvalue weighted by Crippen LogP contribution is -2.40. The van der Waals surface area contributed by atoms with Crippen molar-refractivity contribution in [2.24, 2.45) is 7.05 Å². The summed E-state index contributed by atoms with van der Waals surface area (Å²) in [5.41, 5.74) is 3.40. The fraction of sp³-hybridized carbons (Fsp3) is 0.650. The number of nitrogens with zero attached hydrogens (tertiary/aromatic N) is 4. The van der Waals surface area contributed by atoms with Gasteiger partial charge in [0, 0.05) is 43.4 Å². The van der Waals surface area contributed by atoms with Crippen molar-refractivity contribution in [1.29, 1.82) is 0 Å². The lowest BCUT2D eigenvalue weighted by atomic mass is 9.93. The van der Waals surface area contributed by atoms with Gasteiger partial charge >= 0.3 is 0 Å². The van der Waals surface area contributed by atoms with Gasteiger partial charge in [-0.05, 0) is 45.7 Å². The van der Waals surface area contributed by atoms with Crippen LogP contribution in [0.25, 0.3) is 0 Å². The lowest BCUT2D eigenvalue weighted by Gasteiger charge is -2.30. The number of rotatable bonds is 5. The van der Waals surface area contributed by atoms with Crippen LogP contribution in [0, 0.1) is 6.92 Å². The van der Waals surface area contributed by atoms with Gasteiger partial charge in [-0.2, -0.15) is 5.10 Å². The summed E-state index contributed by atoms with van der Waals surface area (Å²) >= 11 is 0. The van der Waals surface area contributed by atoms with Gasteiger partial charge in [-0.15, -0.1) is 0 Å². The van der Waals surface area contributed by atoms with Crippen LogP contribution >= 0.6 is 0 Å². The first-order chi connectivity index (χ1) is 13.6. The molecule has 1 N–H and O–H groups in total. The first-order valence-corrected chi connectivity index (χ1v) is 10.1. The van der Waals surface area contributed by atoms with Gasteiger partial charge in [-0.25, -0.2) is 0 Å². The largest absolute Gasteiger partial charge is 0.379 e. The molecule has 0 aromatic carbocycles. The van der Waals surface area contributed by atoms with Gasteiger partial charge in [-0.3, -0.25) is 14.4 Å². The molecule has 1 atom stereocenters. The summed E-state index contributed by atoms with van der Waals surface area (Å²) in [5.74, 6) is 0.447. The topological polar surface area (TPSA) is 85.4 Å². The number of amides is 1. The Bertz CT molecular complexity index is 801. The van der Waals surface area contributed by atoms with Crippen molar-refractivity contribution in [3.8, 4) is 0 Å². The van der Waals surface area contributed by atoms with E-state index in [-0.39, 0.29) is 11.9 Å². The number of aromatic nitrogens is 3. The summed E-state index contributed by atoms with van der Waals surface area (Å²) in [5, 5.41) is 11.5. The fourth-order valence-electron chi connectivity index (χ4n) is 4.03. The highest BCUT2D eigenvalue weighted by Crippen LogP contribution is 2.28. The van der Waals surface area contributed by atoms with E-state index in [2.05, 4.69) is 27.4 Å². The first-order valence-electron chi connectivity index (χ1n) is 10.1. The van der Waals surface area contributed by atoms with E-state index >= 15 is 0 Å². The molecule has 2 aromatic rings. The van der Waals surface area contributed by atoms with Gasteiger partial charge in [-0.1, -0.05) is 5.16 Å². The molecular weight excluding hydrogens is 358 g/mol. The molecule has 2 aromatic heterocycles. The molecule has 1 amide bonds. The van der Waals surface area contributed by atoms with E-state index in [9.17, 15) is 4.79 Å². The smallest absolute Gasteiger partial charge is 0.290 e. The molecule has 8 nitrogen and oxygen atoms in total. The van der Waals surface area contributed by atoms with Crippen molar-refractivity contribution in [2.45, 2.75) is 51.1 Å². The molecule has 8 heteroatoms. The van der Waals surface area contributed by atoms with Crippen LogP contribution in [0.1, 0.15) is 59.1 Å². The van der Waals surface area contributed by atoms with E-state index in [1.165, 1.54) is 11.3 Å². The third kappa shape index (κ3) is 4.28. The summed E-state index contributed by atoms with van der Waals surface area (Å²) in [7, 11) is 1.98. The molecule has 0 radical (unpaired) electrons. The van der Waals surface area contributed by atoms with Gasteiger partial charge in [0.15, 0.2) is 0 Å². The number of carbonyl (C=O) groups excluding carboxylic acids is 1. The zero-order valence-corrected chi connectivity index (χ0v) is 16.7. The Labute approximate surface area is 165 Å². The van der Waals surface area contributed by atoms with Crippen LogP contribution in [0.5, 0.6) is 0 Å². The fourth-order valence-corrected chi connectivity index (χ4v) is 4.03. The van der Waals surface area contributed by atoms with Crippen LogP contribution in [0.3, 0.4) is 0 Å². The zero-order valence-electron chi connectivity index (χ0n) is 16.7. The second kappa shape index (κ2) is 8.45. The zero-order chi connectivity index (χ0) is 19.5. The van der Waals surface area contributed by atoms with Crippen LogP contribution < -0.4 is 5.32 Å². The van der Waals surface area contributed by atoms with Crippen LogP contribution in [-0.2, 0) is 18.3 Å². The molecule has 2 aliphatic heterocycles. The maximum absolute atomic E-state index is 12.4. The molecule has 0 aliphatic carbocycles.